The predicted molar refractivity (Wildman–Crippen MR) is 91.4 cm³/mol. The van der Waals surface area contributed by atoms with Crippen molar-refractivity contribution in [3.8, 4) is 0 Å². The van der Waals surface area contributed by atoms with Gasteiger partial charge in [0, 0.05) is 11.1 Å². The third-order valence-electron chi connectivity index (χ3n) is 3.70. The minimum Gasteiger partial charge on any atom is -0.443 e. The van der Waals surface area contributed by atoms with Crippen LogP contribution < -0.4 is 5.32 Å². The second kappa shape index (κ2) is 7.57. The topological polar surface area (TPSA) is 55.4 Å². The quantitative estimate of drug-likeness (QED) is 0.799. The number of amides is 1. The number of thiophene rings is 1. The largest absolute Gasteiger partial charge is 0.443 e. The molecule has 128 valence electrons. The van der Waals surface area contributed by atoms with Crippen LogP contribution in [-0.4, -0.2) is 17.4 Å². The van der Waals surface area contributed by atoms with Crippen molar-refractivity contribution in [3.63, 3.8) is 0 Å². The first-order chi connectivity index (χ1) is 11.3. The van der Waals surface area contributed by atoms with E-state index in [1.165, 1.54) is 35.6 Å². The molecule has 1 unspecified atom stereocenters. The molecular weight excluding hydrogens is 329 g/mol. The first kappa shape index (κ1) is 18.1. The van der Waals surface area contributed by atoms with Gasteiger partial charge in [0.15, 0.2) is 0 Å². The van der Waals surface area contributed by atoms with E-state index in [2.05, 4.69) is 5.32 Å². The highest BCUT2D eigenvalue weighted by atomic mass is 32.1. The number of nitrogens with one attached hydrogen (secondary N) is 1. The molecule has 0 bridgehead atoms. The minimum atomic E-state index is -1.13. The zero-order valence-corrected chi connectivity index (χ0v) is 14.7. The molecule has 0 saturated heterocycles. The molecule has 1 amide bonds. The van der Waals surface area contributed by atoms with Crippen LogP contribution >= 0.6 is 11.3 Å². The van der Waals surface area contributed by atoms with Gasteiger partial charge in [0.25, 0.3) is 5.91 Å². The van der Waals surface area contributed by atoms with Gasteiger partial charge in [-0.3, -0.25) is 4.79 Å². The summed E-state index contributed by atoms with van der Waals surface area (Å²) in [6.45, 7) is 5.71. The Hall–Kier alpha value is -2.21. The van der Waals surface area contributed by atoms with Gasteiger partial charge in [0.2, 0.25) is 6.10 Å². The highest BCUT2D eigenvalue weighted by Crippen LogP contribution is 2.23. The second-order valence-electron chi connectivity index (χ2n) is 6.04. The van der Waals surface area contributed by atoms with Crippen LogP contribution in [0.1, 0.15) is 48.5 Å². The predicted octanol–water partition coefficient (Wildman–Crippen LogP) is 4.09. The Morgan fingerprint density at radius 2 is 1.92 bits per heavy atom. The summed E-state index contributed by atoms with van der Waals surface area (Å²) in [6.07, 6.45) is -0.417. The van der Waals surface area contributed by atoms with Gasteiger partial charge in [0.1, 0.15) is 10.7 Å². The summed E-state index contributed by atoms with van der Waals surface area (Å²) in [5.74, 6) is -1.43. The molecule has 1 N–H and O–H groups in total. The minimum absolute atomic E-state index is 0.407. The number of halogens is 1. The maximum Gasteiger partial charge on any atom is 0.349 e. The van der Waals surface area contributed by atoms with E-state index >= 15 is 0 Å². The number of carbonyl (C=O) groups excluding carboxylic acids is 2. The lowest BCUT2D eigenvalue weighted by molar-refractivity contribution is -0.132. The fraction of sp³-hybridized carbons (Fsp3) is 0.333. The number of benzene rings is 1. The molecule has 2 rings (SSSR count). The van der Waals surface area contributed by atoms with E-state index < -0.39 is 29.3 Å². The number of ether oxygens (including phenoxy) is 1. The first-order valence-corrected chi connectivity index (χ1v) is 8.52. The van der Waals surface area contributed by atoms with Crippen LogP contribution in [0.15, 0.2) is 41.8 Å². The molecule has 4 nitrogen and oxygen atoms in total. The molecule has 24 heavy (non-hydrogen) atoms. The average molecular weight is 349 g/mol. The highest BCUT2D eigenvalue weighted by molar-refractivity contribution is 7.11. The van der Waals surface area contributed by atoms with Crippen molar-refractivity contribution in [1.29, 1.82) is 0 Å². The number of esters is 1. The Labute approximate surface area is 144 Å². The summed E-state index contributed by atoms with van der Waals surface area (Å²) in [6, 6.07) is 8.72. The van der Waals surface area contributed by atoms with Crippen LogP contribution in [-0.2, 0) is 9.53 Å². The van der Waals surface area contributed by atoms with E-state index in [0.717, 1.165) is 0 Å². The van der Waals surface area contributed by atoms with E-state index in [1.807, 2.05) is 20.8 Å². The summed E-state index contributed by atoms with van der Waals surface area (Å²) in [5, 5.41) is 4.62. The molecule has 0 spiro atoms. The molecule has 1 aromatic carbocycles. The van der Waals surface area contributed by atoms with Crippen LogP contribution in [0.3, 0.4) is 0 Å². The van der Waals surface area contributed by atoms with Crippen LogP contribution in [0.25, 0.3) is 0 Å². The van der Waals surface area contributed by atoms with Gasteiger partial charge in [-0.25, -0.2) is 9.18 Å². The molecule has 0 fully saturated rings. The number of carbonyl (C=O) groups is 2. The molecule has 6 heteroatoms. The molecule has 2 aromatic rings. The summed E-state index contributed by atoms with van der Waals surface area (Å²) in [5.41, 5.74) is -0.0178. The zero-order valence-electron chi connectivity index (χ0n) is 13.8. The first-order valence-electron chi connectivity index (χ1n) is 7.64. The highest BCUT2D eigenvalue weighted by Gasteiger charge is 2.29. The van der Waals surface area contributed by atoms with Gasteiger partial charge in [-0.15, -0.1) is 11.3 Å². The van der Waals surface area contributed by atoms with Gasteiger partial charge in [-0.2, -0.15) is 0 Å². The van der Waals surface area contributed by atoms with Gasteiger partial charge < -0.3 is 10.1 Å². The number of rotatable bonds is 6. The van der Waals surface area contributed by atoms with Crippen molar-refractivity contribution in [2.75, 3.05) is 0 Å². The summed E-state index contributed by atoms with van der Waals surface area (Å²) in [7, 11) is 0. The van der Waals surface area contributed by atoms with Crippen LogP contribution in [0.2, 0.25) is 0 Å². The van der Waals surface area contributed by atoms with E-state index in [9.17, 15) is 14.0 Å². The molecule has 0 aliphatic rings. The van der Waals surface area contributed by atoms with Crippen molar-refractivity contribution in [3.05, 3.63) is 58.0 Å². The van der Waals surface area contributed by atoms with Crippen molar-refractivity contribution >= 4 is 23.2 Å². The average Bonchev–Trinajstić information content (AvgIpc) is 3.07. The molecular formula is C18H20FNO3S. The standard InChI is InChI=1S/C18H20FNO3S/c1-4-18(2,3)20-16(21)15(12-7-9-13(19)10-8-12)23-17(22)14-6-5-11-24-14/h5-11,15H,4H2,1-3H3,(H,20,21). The number of hydrogen-bond donors (Lipinski definition) is 1. The fourth-order valence-corrected chi connectivity index (χ4v) is 2.56. The summed E-state index contributed by atoms with van der Waals surface area (Å²) >= 11 is 1.23. The Morgan fingerprint density at radius 3 is 2.46 bits per heavy atom. The van der Waals surface area contributed by atoms with Crippen LogP contribution in [0.4, 0.5) is 4.39 Å². The monoisotopic (exact) mass is 349 g/mol. The van der Waals surface area contributed by atoms with Crippen molar-refractivity contribution in [2.45, 2.75) is 38.8 Å². The lowest BCUT2D eigenvalue weighted by Gasteiger charge is -2.27. The van der Waals surface area contributed by atoms with E-state index in [0.29, 0.717) is 16.9 Å². The van der Waals surface area contributed by atoms with Crippen molar-refractivity contribution in [2.24, 2.45) is 0 Å². The Bertz CT molecular complexity index is 696. The van der Waals surface area contributed by atoms with E-state index in [1.54, 1.807) is 17.5 Å². The second-order valence-corrected chi connectivity index (χ2v) is 6.99. The molecule has 0 aliphatic heterocycles. The fourth-order valence-electron chi connectivity index (χ4n) is 1.96. The number of hydrogen-bond acceptors (Lipinski definition) is 4. The van der Waals surface area contributed by atoms with Crippen LogP contribution in [0, 0.1) is 5.82 Å². The maximum absolute atomic E-state index is 13.2. The molecule has 0 saturated carbocycles. The normalized spacial score (nSPS) is 12.5. The van der Waals surface area contributed by atoms with Gasteiger partial charge in [-0.05, 0) is 43.8 Å². The van der Waals surface area contributed by atoms with Crippen molar-refractivity contribution in [1.82, 2.24) is 5.32 Å². The van der Waals surface area contributed by atoms with Gasteiger partial charge in [0.05, 0.1) is 0 Å². The summed E-state index contributed by atoms with van der Waals surface area (Å²) in [4.78, 5) is 25.3. The smallest absolute Gasteiger partial charge is 0.349 e. The molecule has 1 aromatic heterocycles. The molecule has 0 aliphatic carbocycles. The molecule has 0 radical (unpaired) electrons. The molecule has 1 atom stereocenters. The summed E-state index contributed by atoms with van der Waals surface area (Å²) < 4.78 is 18.6. The third-order valence-corrected chi connectivity index (χ3v) is 4.55. The van der Waals surface area contributed by atoms with Gasteiger partial charge in [-0.1, -0.05) is 25.1 Å². The Kier molecular flexibility index (Phi) is 5.72. The Balaban J connectivity index is 2.25. The SMILES string of the molecule is CCC(C)(C)NC(=O)C(OC(=O)c1cccs1)c1ccc(F)cc1. The Morgan fingerprint density at radius 1 is 1.25 bits per heavy atom. The van der Waals surface area contributed by atoms with E-state index in [4.69, 9.17) is 4.74 Å². The maximum atomic E-state index is 13.2. The van der Waals surface area contributed by atoms with Crippen LogP contribution in [0.5, 0.6) is 0 Å². The molecule has 1 heterocycles. The zero-order chi connectivity index (χ0) is 17.7. The third kappa shape index (κ3) is 4.64. The van der Waals surface area contributed by atoms with Gasteiger partial charge >= 0.3 is 5.97 Å². The lowest BCUT2D eigenvalue weighted by Crippen LogP contribution is -2.45. The van der Waals surface area contributed by atoms with E-state index in [-0.39, 0.29) is 0 Å². The van der Waals surface area contributed by atoms with Crippen molar-refractivity contribution < 1.29 is 18.7 Å². The lowest BCUT2D eigenvalue weighted by atomic mass is 10.0.